The summed E-state index contributed by atoms with van der Waals surface area (Å²) in [6.45, 7) is 0. The fraction of sp³-hybridized carbons (Fsp3) is 0. The van der Waals surface area contributed by atoms with Gasteiger partial charge in [-0.05, 0) is 30.3 Å². The number of aromatic amines is 1. The number of nitrogens with two attached hydrogens (primary N) is 1. The van der Waals surface area contributed by atoms with Crippen LogP contribution in [0.2, 0.25) is 0 Å². The maximum absolute atomic E-state index is 5.73. The minimum atomic E-state index is 0. The van der Waals surface area contributed by atoms with Gasteiger partial charge in [0.25, 0.3) is 0 Å². The Morgan fingerprint density at radius 3 is 2.50 bits per heavy atom. The molecule has 0 saturated heterocycles. The van der Waals surface area contributed by atoms with Crippen LogP contribution < -0.4 is 10.5 Å². The van der Waals surface area contributed by atoms with E-state index in [0.717, 1.165) is 28.1 Å². The van der Waals surface area contributed by atoms with Gasteiger partial charge in [0.15, 0.2) is 0 Å². The largest absolute Gasteiger partial charge is 0.477 e. The Bertz CT molecular complexity index is 646. The number of H-pyrrole nitrogens is 1. The van der Waals surface area contributed by atoms with E-state index in [9.17, 15) is 0 Å². The van der Waals surface area contributed by atoms with Crippen molar-refractivity contribution in [1.29, 1.82) is 0 Å². The second-order valence-electron chi connectivity index (χ2n) is 3.83. The van der Waals surface area contributed by atoms with Gasteiger partial charge in [0.05, 0.1) is 0 Å². The van der Waals surface area contributed by atoms with Crippen LogP contribution >= 0.6 is 0 Å². The minimum absolute atomic E-state index is 0. The summed E-state index contributed by atoms with van der Waals surface area (Å²) in [5.74, 6) is 1.58. The molecule has 18 heavy (non-hydrogen) atoms. The van der Waals surface area contributed by atoms with Crippen LogP contribution in [0.5, 0.6) is 11.5 Å². The molecule has 1 heterocycles. The number of fused-ring (bicyclic) bond motifs is 1. The zero-order valence-electron chi connectivity index (χ0n) is 9.44. The molecule has 0 amide bonds. The number of anilines is 1. The van der Waals surface area contributed by atoms with Crippen LogP contribution in [0.25, 0.3) is 10.9 Å². The predicted molar refractivity (Wildman–Crippen MR) is 68.1 cm³/mol. The molecule has 3 N–H and O–H groups in total. The van der Waals surface area contributed by atoms with Crippen molar-refractivity contribution < 1.29 is 24.2 Å². The Labute approximate surface area is 118 Å². The molecule has 0 spiro atoms. The van der Waals surface area contributed by atoms with Crippen molar-refractivity contribution in [3.05, 3.63) is 54.7 Å². The van der Waals surface area contributed by atoms with Crippen LogP contribution in [-0.4, -0.2) is 4.98 Å². The standard InChI is InChI=1S/C14H11N2O.Rh/c15-11-1-3-12(4-2-11)17-13-5-6-14-10(9-13)7-8-16-14;/h1-7,9,16H,15H2;/q-1;. The topological polar surface area (TPSA) is 51.0 Å². The first-order valence-electron chi connectivity index (χ1n) is 5.33. The van der Waals surface area contributed by atoms with Crippen LogP contribution in [0.4, 0.5) is 5.69 Å². The molecule has 1 radical (unpaired) electrons. The molecule has 0 fully saturated rings. The average molecular weight is 326 g/mol. The fourth-order valence-corrected chi connectivity index (χ4v) is 1.70. The maximum Gasteiger partial charge on any atom is 0.127 e. The number of nitrogens with one attached hydrogen (secondary N) is 1. The summed E-state index contributed by atoms with van der Waals surface area (Å²) in [6.07, 6.45) is 2.94. The molecule has 0 aliphatic heterocycles. The zero-order valence-corrected chi connectivity index (χ0v) is 11.1. The van der Waals surface area contributed by atoms with E-state index in [1.165, 1.54) is 0 Å². The van der Waals surface area contributed by atoms with Crippen LogP contribution in [0, 0.1) is 6.20 Å². The van der Waals surface area contributed by atoms with Crippen molar-refractivity contribution in [1.82, 2.24) is 4.98 Å². The number of rotatable bonds is 2. The van der Waals surface area contributed by atoms with Crippen molar-refractivity contribution >= 4 is 16.6 Å². The molecule has 4 heteroatoms. The average Bonchev–Trinajstić information content (AvgIpc) is 2.79. The van der Waals surface area contributed by atoms with E-state index in [0.29, 0.717) is 0 Å². The van der Waals surface area contributed by atoms with Crippen LogP contribution in [0.15, 0.2) is 48.5 Å². The van der Waals surface area contributed by atoms with E-state index >= 15 is 0 Å². The van der Waals surface area contributed by atoms with Gasteiger partial charge in [-0.25, -0.2) is 0 Å². The first-order chi connectivity index (χ1) is 8.31. The Morgan fingerprint density at radius 2 is 1.72 bits per heavy atom. The van der Waals surface area contributed by atoms with E-state index < -0.39 is 0 Å². The number of nitrogen functional groups attached to an aromatic ring is 1. The van der Waals surface area contributed by atoms with Gasteiger partial charge >= 0.3 is 0 Å². The number of ether oxygens (including phenoxy) is 1. The predicted octanol–water partition coefficient (Wildman–Crippen LogP) is 3.34. The number of hydrogen-bond acceptors (Lipinski definition) is 2. The second-order valence-corrected chi connectivity index (χ2v) is 3.83. The molecule has 0 bridgehead atoms. The van der Waals surface area contributed by atoms with Gasteiger partial charge in [-0.15, -0.1) is 17.8 Å². The third-order valence-electron chi connectivity index (χ3n) is 2.57. The number of benzene rings is 2. The van der Waals surface area contributed by atoms with E-state index in [2.05, 4.69) is 11.2 Å². The molecule has 3 aromatic rings. The molecule has 0 unspecified atom stereocenters. The number of aromatic nitrogens is 1. The Balaban J connectivity index is 0.00000120. The molecule has 3 rings (SSSR count). The summed E-state index contributed by atoms with van der Waals surface area (Å²) >= 11 is 0. The third kappa shape index (κ3) is 2.54. The van der Waals surface area contributed by atoms with Gasteiger partial charge < -0.3 is 15.5 Å². The molecule has 0 aliphatic rings. The minimum Gasteiger partial charge on any atom is -0.477 e. The van der Waals surface area contributed by atoms with Crippen LogP contribution in [0.3, 0.4) is 0 Å². The van der Waals surface area contributed by atoms with Gasteiger partial charge in [0, 0.05) is 25.2 Å². The molecular weight excluding hydrogens is 315 g/mol. The zero-order chi connectivity index (χ0) is 11.7. The van der Waals surface area contributed by atoms with Crippen LogP contribution in [-0.2, 0) is 19.5 Å². The van der Waals surface area contributed by atoms with Crippen molar-refractivity contribution in [2.45, 2.75) is 0 Å². The van der Waals surface area contributed by atoms with E-state index in [1.807, 2.05) is 48.5 Å². The van der Waals surface area contributed by atoms with Crippen molar-refractivity contribution in [2.24, 2.45) is 0 Å². The molecule has 3 nitrogen and oxygen atoms in total. The Kier molecular flexibility index (Phi) is 3.68. The summed E-state index contributed by atoms with van der Waals surface area (Å²) in [7, 11) is 0. The van der Waals surface area contributed by atoms with Crippen molar-refractivity contribution in [3.8, 4) is 11.5 Å². The Hall–Kier alpha value is -1.80. The molecule has 2 aromatic carbocycles. The maximum atomic E-state index is 5.73. The first kappa shape index (κ1) is 12.7. The summed E-state index contributed by atoms with van der Waals surface area (Å²) in [6, 6.07) is 15.1. The summed E-state index contributed by atoms with van der Waals surface area (Å²) < 4.78 is 5.73. The van der Waals surface area contributed by atoms with Crippen molar-refractivity contribution in [3.63, 3.8) is 0 Å². The number of hydrogen-bond donors (Lipinski definition) is 2. The van der Waals surface area contributed by atoms with Crippen LogP contribution in [0.1, 0.15) is 0 Å². The van der Waals surface area contributed by atoms with E-state index in [4.69, 9.17) is 10.5 Å². The van der Waals surface area contributed by atoms with Gasteiger partial charge in [-0.3, -0.25) is 0 Å². The van der Waals surface area contributed by atoms with Gasteiger partial charge in [0.2, 0.25) is 0 Å². The molecule has 93 valence electrons. The third-order valence-corrected chi connectivity index (χ3v) is 2.57. The molecule has 1 aromatic heterocycles. The van der Waals surface area contributed by atoms with Gasteiger partial charge in [0.1, 0.15) is 11.5 Å². The molecule has 0 atom stereocenters. The second kappa shape index (κ2) is 5.24. The summed E-state index contributed by atoms with van der Waals surface area (Å²) in [4.78, 5) is 3.02. The van der Waals surface area contributed by atoms with E-state index in [-0.39, 0.29) is 19.5 Å². The summed E-state index contributed by atoms with van der Waals surface area (Å²) in [5.41, 5.74) is 7.40. The van der Waals surface area contributed by atoms with Gasteiger partial charge in [-0.2, -0.15) is 11.5 Å². The fourth-order valence-electron chi connectivity index (χ4n) is 1.70. The molecular formula is C14H11N2ORh-. The normalized spacial score (nSPS) is 10.0. The molecule has 0 aliphatic carbocycles. The quantitative estimate of drug-likeness (QED) is 0.431. The van der Waals surface area contributed by atoms with E-state index in [1.54, 1.807) is 0 Å². The first-order valence-corrected chi connectivity index (χ1v) is 5.33. The smallest absolute Gasteiger partial charge is 0.127 e. The Morgan fingerprint density at radius 1 is 1.00 bits per heavy atom. The molecule has 0 saturated carbocycles. The van der Waals surface area contributed by atoms with Crippen molar-refractivity contribution in [2.75, 3.05) is 5.73 Å². The van der Waals surface area contributed by atoms with Gasteiger partial charge in [-0.1, -0.05) is 6.07 Å². The SMILES string of the molecule is Nc1ccc(Oc2ccc3[nH][c-]cc3c2)cc1.[Rh]. The monoisotopic (exact) mass is 326 g/mol. The summed E-state index contributed by atoms with van der Waals surface area (Å²) in [5, 5.41) is 1.08.